The molecule has 0 bridgehead atoms. The molecule has 0 amide bonds. The van der Waals surface area contributed by atoms with Gasteiger partial charge in [-0.3, -0.25) is 0 Å². The monoisotopic (exact) mass is 154 g/mol. The summed E-state index contributed by atoms with van der Waals surface area (Å²) in [6, 6.07) is 0. The molecule has 11 heavy (non-hydrogen) atoms. The fraction of sp³-hybridized carbons (Fsp3) is 0.667. The minimum Gasteiger partial charge on any atom is -0.478 e. The average Bonchev–Trinajstić information content (AvgIpc) is 1.84. The van der Waals surface area contributed by atoms with Gasteiger partial charge in [0.05, 0.1) is 0 Å². The van der Waals surface area contributed by atoms with Gasteiger partial charge in [-0.25, -0.2) is 4.79 Å². The standard InChI is InChI=1S/C9H14O2/c1-2-3-4-7-5-8(6-7)9(10)11/h5,7H,2-4,6H2,1H3,(H,10,11). The average molecular weight is 154 g/mol. The van der Waals surface area contributed by atoms with E-state index in [0.29, 0.717) is 11.5 Å². The van der Waals surface area contributed by atoms with Gasteiger partial charge in [0, 0.05) is 5.57 Å². The molecular weight excluding hydrogens is 140 g/mol. The third kappa shape index (κ3) is 2.07. The van der Waals surface area contributed by atoms with Gasteiger partial charge in [0.2, 0.25) is 0 Å². The minimum atomic E-state index is -0.738. The van der Waals surface area contributed by atoms with Gasteiger partial charge in [-0.2, -0.15) is 0 Å². The zero-order valence-corrected chi connectivity index (χ0v) is 6.84. The molecule has 1 unspecified atom stereocenters. The molecule has 0 aromatic rings. The van der Waals surface area contributed by atoms with Crippen molar-refractivity contribution in [2.75, 3.05) is 0 Å². The predicted octanol–water partition coefficient (Wildman–Crippen LogP) is 2.21. The Morgan fingerprint density at radius 2 is 2.45 bits per heavy atom. The van der Waals surface area contributed by atoms with E-state index in [4.69, 9.17) is 5.11 Å². The molecule has 0 radical (unpaired) electrons. The maximum Gasteiger partial charge on any atom is 0.331 e. The second kappa shape index (κ2) is 3.56. The number of carboxylic acids is 1. The highest BCUT2D eigenvalue weighted by atomic mass is 16.4. The van der Waals surface area contributed by atoms with Gasteiger partial charge in [-0.1, -0.05) is 25.8 Å². The third-order valence-corrected chi connectivity index (χ3v) is 2.12. The molecular formula is C9H14O2. The van der Waals surface area contributed by atoms with Gasteiger partial charge >= 0.3 is 5.97 Å². The summed E-state index contributed by atoms with van der Waals surface area (Å²) in [5, 5.41) is 8.51. The van der Waals surface area contributed by atoms with Crippen molar-refractivity contribution in [3.05, 3.63) is 11.6 Å². The van der Waals surface area contributed by atoms with Crippen LogP contribution in [0.5, 0.6) is 0 Å². The number of hydrogen-bond acceptors (Lipinski definition) is 1. The quantitative estimate of drug-likeness (QED) is 0.674. The largest absolute Gasteiger partial charge is 0.478 e. The fourth-order valence-corrected chi connectivity index (χ4v) is 1.34. The summed E-state index contributed by atoms with van der Waals surface area (Å²) in [6.45, 7) is 2.15. The van der Waals surface area contributed by atoms with E-state index in [9.17, 15) is 4.79 Å². The Hall–Kier alpha value is -0.790. The van der Waals surface area contributed by atoms with Crippen molar-refractivity contribution in [1.82, 2.24) is 0 Å². The molecule has 0 heterocycles. The zero-order chi connectivity index (χ0) is 8.27. The molecule has 1 aliphatic rings. The Bertz CT molecular complexity index is 182. The molecule has 0 aromatic heterocycles. The van der Waals surface area contributed by atoms with Crippen molar-refractivity contribution in [2.45, 2.75) is 32.6 Å². The summed E-state index contributed by atoms with van der Waals surface area (Å²) in [5.74, 6) is -0.182. The van der Waals surface area contributed by atoms with Crippen LogP contribution in [-0.2, 0) is 4.79 Å². The summed E-state index contributed by atoms with van der Waals surface area (Å²) >= 11 is 0. The number of hydrogen-bond donors (Lipinski definition) is 1. The Morgan fingerprint density at radius 1 is 1.82 bits per heavy atom. The van der Waals surface area contributed by atoms with Crippen LogP contribution in [0.4, 0.5) is 0 Å². The number of rotatable bonds is 4. The maximum absolute atomic E-state index is 10.3. The Labute approximate surface area is 66.9 Å². The van der Waals surface area contributed by atoms with Gasteiger partial charge in [0.15, 0.2) is 0 Å². The Balaban J connectivity index is 2.22. The first-order valence-corrected chi connectivity index (χ1v) is 4.18. The first-order chi connectivity index (χ1) is 5.24. The molecule has 1 atom stereocenters. The lowest BCUT2D eigenvalue weighted by Gasteiger charge is -2.22. The van der Waals surface area contributed by atoms with E-state index in [1.807, 2.05) is 6.08 Å². The number of allylic oxidation sites excluding steroid dienone is 1. The topological polar surface area (TPSA) is 37.3 Å². The van der Waals surface area contributed by atoms with Crippen LogP contribution in [0.2, 0.25) is 0 Å². The summed E-state index contributed by atoms with van der Waals surface area (Å²) in [4.78, 5) is 10.3. The number of carboxylic acid groups (broad SMARTS) is 1. The van der Waals surface area contributed by atoms with Crippen LogP contribution in [0.1, 0.15) is 32.6 Å². The van der Waals surface area contributed by atoms with E-state index < -0.39 is 5.97 Å². The van der Waals surface area contributed by atoms with Gasteiger partial charge in [-0.15, -0.1) is 0 Å². The van der Waals surface area contributed by atoms with Crippen molar-refractivity contribution < 1.29 is 9.90 Å². The lowest BCUT2D eigenvalue weighted by atomic mass is 9.83. The van der Waals surface area contributed by atoms with Crippen molar-refractivity contribution in [1.29, 1.82) is 0 Å². The van der Waals surface area contributed by atoms with Gasteiger partial charge < -0.3 is 5.11 Å². The molecule has 1 rings (SSSR count). The first kappa shape index (κ1) is 8.31. The second-order valence-corrected chi connectivity index (χ2v) is 3.10. The van der Waals surface area contributed by atoms with Crippen molar-refractivity contribution in [3.8, 4) is 0 Å². The number of unbranched alkanes of at least 4 members (excludes halogenated alkanes) is 1. The number of carbonyl (C=O) groups is 1. The summed E-state index contributed by atoms with van der Waals surface area (Å²) < 4.78 is 0. The molecule has 0 fully saturated rings. The summed E-state index contributed by atoms with van der Waals surface area (Å²) in [5.41, 5.74) is 0.603. The molecule has 0 aliphatic heterocycles. The molecule has 0 saturated heterocycles. The molecule has 0 aromatic carbocycles. The van der Waals surface area contributed by atoms with Crippen molar-refractivity contribution >= 4 is 5.97 Å². The molecule has 2 heteroatoms. The normalized spacial score (nSPS) is 22.3. The van der Waals surface area contributed by atoms with Crippen LogP contribution in [0.15, 0.2) is 11.6 Å². The van der Waals surface area contributed by atoms with Crippen LogP contribution < -0.4 is 0 Å². The van der Waals surface area contributed by atoms with E-state index >= 15 is 0 Å². The van der Waals surface area contributed by atoms with Gasteiger partial charge in [0.1, 0.15) is 0 Å². The molecule has 0 spiro atoms. The molecule has 62 valence electrons. The highest BCUT2D eigenvalue weighted by Gasteiger charge is 2.22. The fourth-order valence-electron chi connectivity index (χ4n) is 1.34. The highest BCUT2D eigenvalue weighted by Crippen LogP contribution is 2.29. The predicted molar refractivity (Wildman–Crippen MR) is 43.4 cm³/mol. The van der Waals surface area contributed by atoms with Gasteiger partial charge in [-0.05, 0) is 18.8 Å². The maximum atomic E-state index is 10.3. The first-order valence-electron chi connectivity index (χ1n) is 4.18. The van der Waals surface area contributed by atoms with E-state index in [-0.39, 0.29) is 0 Å². The Kier molecular flexibility index (Phi) is 2.69. The smallest absolute Gasteiger partial charge is 0.331 e. The second-order valence-electron chi connectivity index (χ2n) is 3.10. The molecule has 0 saturated carbocycles. The summed E-state index contributed by atoms with van der Waals surface area (Å²) in [6.07, 6.45) is 6.25. The van der Waals surface area contributed by atoms with E-state index in [1.54, 1.807) is 0 Å². The molecule has 1 aliphatic carbocycles. The van der Waals surface area contributed by atoms with Crippen molar-refractivity contribution in [2.24, 2.45) is 5.92 Å². The molecule has 1 N–H and O–H groups in total. The minimum absolute atomic E-state index is 0.557. The lowest BCUT2D eigenvalue weighted by molar-refractivity contribution is -0.133. The van der Waals surface area contributed by atoms with E-state index in [2.05, 4.69) is 6.92 Å². The van der Waals surface area contributed by atoms with E-state index in [1.165, 1.54) is 12.8 Å². The molecule has 2 nitrogen and oxygen atoms in total. The van der Waals surface area contributed by atoms with Crippen molar-refractivity contribution in [3.63, 3.8) is 0 Å². The van der Waals surface area contributed by atoms with Crippen LogP contribution in [0.3, 0.4) is 0 Å². The highest BCUT2D eigenvalue weighted by molar-refractivity contribution is 5.88. The van der Waals surface area contributed by atoms with Crippen LogP contribution in [0.25, 0.3) is 0 Å². The third-order valence-electron chi connectivity index (χ3n) is 2.12. The SMILES string of the molecule is CCCCC1C=C(C(=O)O)C1. The van der Waals surface area contributed by atoms with Crippen LogP contribution in [-0.4, -0.2) is 11.1 Å². The van der Waals surface area contributed by atoms with E-state index in [0.717, 1.165) is 12.8 Å². The van der Waals surface area contributed by atoms with Crippen LogP contribution in [0, 0.1) is 5.92 Å². The van der Waals surface area contributed by atoms with Gasteiger partial charge in [0.25, 0.3) is 0 Å². The number of aliphatic carboxylic acids is 1. The van der Waals surface area contributed by atoms with Crippen LogP contribution >= 0.6 is 0 Å². The lowest BCUT2D eigenvalue weighted by Crippen LogP contribution is -2.16. The zero-order valence-electron chi connectivity index (χ0n) is 6.84. The summed E-state index contributed by atoms with van der Waals surface area (Å²) in [7, 11) is 0. The Morgan fingerprint density at radius 3 is 2.91 bits per heavy atom.